The minimum Gasteiger partial charge on any atom is -0.492 e. The average Bonchev–Trinajstić information content (AvgIpc) is 2.47. The molecule has 0 bridgehead atoms. The lowest BCUT2D eigenvalue weighted by Crippen LogP contribution is -2.38. The van der Waals surface area contributed by atoms with E-state index in [2.05, 4.69) is 5.32 Å². The molecule has 0 saturated carbocycles. The molecule has 0 saturated heterocycles. The van der Waals surface area contributed by atoms with Gasteiger partial charge in [0.2, 0.25) is 0 Å². The maximum absolute atomic E-state index is 11.9. The molecule has 3 N–H and O–H groups in total. The zero-order valence-electron chi connectivity index (χ0n) is 12.8. The Labute approximate surface area is 129 Å². The van der Waals surface area contributed by atoms with Crippen molar-refractivity contribution in [3.63, 3.8) is 0 Å². The molecule has 1 atom stereocenters. The normalized spacial score (nSPS) is 12.0. The van der Waals surface area contributed by atoms with Crippen LogP contribution in [0.2, 0.25) is 0 Å². The van der Waals surface area contributed by atoms with Gasteiger partial charge in [-0.1, -0.05) is 6.07 Å². The molecule has 7 nitrogen and oxygen atoms in total. The predicted octanol–water partition coefficient (Wildman–Crippen LogP) is 0.192. The predicted molar refractivity (Wildman–Crippen MR) is 81.1 cm³/mol. The van der Waals surface area contributed by atoms with Gasteiger partial charge in [-0.05, 0) is 32.2 Å². The molecule has 7 heteroatoms. The van der Waals surface area contributed by atoms with Gasteiger partial charge in [-0.2, -0.15) is 0 Å². The number of ether oxygens (including phenoxy) is 1. The van der Waals surface area contributed by atoms with Crippen molar-refractivity contribution < 1.29 is 24.5 Å². The zero-order valence-corrected chi connectivity index (χ0v) is 12.8. The van der Waals surface area contributed by atoms with Crippen LogP contribution in [0.5, 0.6) is 5.75 Å². The first-order valence-corrected chi connectivity index (χ1v) is 7.00. The van der Waals surface area contributed by atoms with Gasteiger partial charge in [-0.25, -0.2) is 0 Å². The first-order valence-electron chi connectivity index (χ1n) is 7.00. The van der Waals surface area contributed by atoms with Gasteiger partial charge in [0.25, 0.3) is 5.91 Å². The number of nitrogens with zero attached hydrogens (tertiary/aromatic N) is 1. The van der Waals surface area contributed by atoms with E-state index in [4.69, 9.17) is 14.9 Å². The summed E-state index contributed by atoms with van der Waals surface area (Å²) in [6, 6.07) is 5.60. The van der Waals surface area contributed by atoms with Crippen molar-refractivity contribution in [3.8, 4) is 5.75 Å². The maximum atomic E-state index is 11.9. The summed E-state index contributed by atoms with van der Waals surface area (Å²) in [5, 5.41) is 20.0. The first-order chi connectivity index (χ1) is 10.4. The molecule has 1 rings (SSSR count). The Kier molecular flexibility index (Phi) is 7.34. The number of amides is 1. The highest BCUT2D eigenvalue weighted by Gasteiger charge is 2.15. The number of aliphatic hydroxyl groups is 1. The highest BCUT2D eigenvalue weighted by Crippen LogP contribution is 2.13. The molecule has 0 fully saturated rings. The number of benzene rings is 1. The number of rotatable bonds is 9. The first kappa shape index (κ1) is 17.9. The SMILES string of the molecule is CC(NC(=O)c1cccc(OCCN(C)CCO)c1)C(=O)O. The van der Waals surface area contributed by atoms with Gasteiger partial charge in [0, 0.05) is 18.7 Å². The maximum Gasteiger partial charge on any atom is 0.325 e. The number of likely N-dealkylation sites (N-methyl/N-ethyl adjacent to an activating group) is 1. The molecular formula is C15H22N2O5. The highest BCUT2D eigenvalue weighted by molar-refractivity contribution is 5.96. The van der Waals surface area contributed by atoms with E-state index in [1.807, 2.05) is 11.9 Å². The average molecular weight is 310 g/mol. The van der Waals surface area contributed by atoms with E-state index in [1.54, 1.807) is 24.3 Å². The second-order valence-corrected chi connectivity index (χ2v) is 4.94. The number of aliphatic hydroxyl groups excluding tert-OH is 1. The van der Waals surface area contributed by atoms with Crippen LogP contribution in [-0.4, -0.2) is 66.4 Å². The molecular weight excluding hydrogens is 288 g/mol. The monoisotopic (exact) mass is 310 g/mol. The van der Waals surface area contributed by atoms with Crippen molar-refractivity contribution >= 4 is 11.9 Å². The lowest BCUT2D eigenvalue weighted by Gasteiger charge is -2.15. The molecule has 22 heavy (non-hydrogen) atoms. The van der Waals surface area contributed by atoms with Crippen molar-refractivity contribution in [3.05, 3.63) is 29.8 Å². The van der Waals surface area contributed by atoms with Crippen LogP contribution in [0.15, 0.2) is 24.3 Å². The minimum atomic E-state index is -1.09. The molecule has 0 heterocycles. The molecule has 1 unspecified atom stereocenters. The van der Waals surface area contributed by atoms with E-state index in [-0.39, 0.29) is 6.61 Å². The number of carbonyl (C=O) groups excluding carboxylic acids is 1. The second kappa shape index (κ2) is 9.01. The Morgan fingerprint density at radius 3 is 2.73 bits per heavy atom. The summed E-state index contributed by atoms with van der Waals surface area (Å²) in [6.45, 7) is 3.13. The third kappa shape index (κ3) is 6.11. The molecule has 0 radical (unpaired) electrons. The van der Waals surface area contributed by atoms with Gasteiger partial charge in [-0.3, -0.25) is 9.59 Å². The highest BCUT2D eigenvalue weighted by atomic mass is 16.5. The number of nitrogens with one attached hydrogen (secondary N) is 1. The van der Waals surface area contributed by atoms with Crippen LogP contribution in [-0.2, 0) is 4.79 Å². The molecule has 0 aromatic heterocycles. The summed E-state index contributed by atoms with van der Waals surface area (Å²) < 4.78 is 5.55. The third-order valence-electron chi connectivity index (χ3n) is 3.04. The van der Waals surface area contributed by atoms with Crippen molar-refractivity contribution in [2.24, 2.45) is 0 Å². The number of hydrogen-bond donors (Lipinski definition) is 3. The molecule has 0 aliphatic carbocycles. The van der Waals surface area contributed by atoms with E-state index in [0.29, 0.717) is 31.0 Å². The van der Waals surface area contributed by atoms with Gasteiger partial charge in [0.05, 0.1) is 6.61 Å². The van der Waals surface area contributed by atoms with Crippen molar-refractivity contribution in [2.75, 3.05) is 33.4 Å². The molecule has 1 amide bonds. The molecule has 0 aliphatic heterocycles. The number of carboxylic acids is 1. The topological polar surface area (TPSA) is 99.1 Å². The molecule has 0 aliphatic rings. The summed E-state index contributed by atoms with van der Waals surface area (Å²) in [6.07, 6.45) is 0. The fraction of sp³-hybridized carbons (Fsp3) is 0.467. The minimum absolute atomic E-state index is 0.0912. The van der Waals surface area contributed by atoms with Crippen molar-refractivity contribution in [2.45, 2.75) is 13.0 Å². The van der Waals surface area contributed by atoms with Gasteiger partial charge in [0.1, 0.15) is 18.4 Å². The molecule has 1 aromatic carbocycles. The Hall–Kier alpha value is -2.12. The smallest absolute Gasteiger partial charge is 0.325 e. The number of aliphatic carboxylic acids is 1. The van der Waals surface area contributed by atoms with Gasteiger partial charge < -0.3 is 25.2 Å². The molecule has 1 aromatic rings. The van der Waals surface area contributed by atoms with Crippen LogP contribution in [0.1, 0.15) is 17.3 Å². The summed E-state index contributed by atoms with van der Waals surface area (Å²) in [5.74, 6) is -1.02. The molecule has 0 spiro atoms. The van der Waals surface area contributed by atoms with Gasteiger partial charge >= 0.3 is 5.97 Å². The third-order valence-corrected chi connectivity index (χ3v) is 3.04. The van der Waals surface area contributed by atoms with E-state index in [9.17, 15) is 9.59 Å². The lowest BCUT2D eigenvalue weighted by molar-refractivity contribution is -0.138. The van der Waals surface area contributed by atoms with Crippen molar-refractivity contribution in [1.29, 1.82) is 0 Å². The van der Waals surface area contributed by atoms with E-state index < -0.39 is 17.9 Å². The summed E-state index contributed by atoms with van der Waals surface area (Å²) in [4.78, 5) is 24.6. The second-order valence-electron chi connectivity index (χ2n) is 4.94. The van der Waals surface area contributed by atoms with Crippen LogP contribution in [0.4, 0.5) is 0 Å². The number of carboxylic acid groups (broad SMARTS) is 1. The van der Waals surface area contributed by atoms with Crippen LogP contribution in [0.3, 0.4) is 0 Å². The quantitative estimate of drug-likeness (QED) is 0.602. The van der Waals surface area contributed by atoms with Crippen LogP contribution < -0.4 is 10.1 Å². The summed E-state index contributed by atoms with van der Waals surface area (Å²) >= 11 is 0. The zero-order chi connectivity index (χ0) is 16.5. The summed E-state index contributed by atoms with van der Waals surface area (Å²) in [5.41, 5.74) is 0.342. The van der Waals surface area contributed by atoms with Crippen LogP contribution >= 0.6 is 0 Å². The Morgan fingerprint density at radius 2 is 2.09 bits per heavy atom. The Bertz CT molecular complexity index is 506. The van der Waals surface area contributed by atoms with Crippen LogP contribution in [0.25, 0.3) is 0 Å². The van der Waals surface area contributed by atoms with Gasteiger partial charge in [0.15, 0.2) is 0 Å². The Morgan fingerprint density at radius 1 is 1.36 bits per heavy atom. The fourth-order valence-corrected chi connectivity index (χ4v) is 1.67. The Balaban J connectivity index is 2.55. The van der Waals surface area contributed by atoms with E-state index in [0.717, 1.165) is 0 Å². The van der Waals surface area contributed by atoms with E-state index >= 15 is 0 Å². The number of hydrogen-bond acceptors (Lipinski definition) is 5. The van der Waals surface area contributed by atoms with Crippen LogP contribution in [0, 0.1) is 0 Å². The largest absolute Gasteiger partial charge is 0.492 e. The fourth-order valence-electron chi connectivity index (χ4n) is 1.67. The van der Waals surface area contributed by atoms with Crippen molar-refractivity contribution in [1.82, 2.24) is 10.2 Å². The standard InChI is InChI=1S/C15H22N2O5/c1-11(15(20)21)16-14(19)12-4-3-5-13(10-12)22-9-7-17(2)6-8-18/h3-5,10-11,18H,6-9H2,1-2H3,(H,16,19)(H,20,21). The van der Waals surface area contributed by atoms with Gasteiger partial charge in [-0.15, -0.1) is 0 Å². The molecule has 122 valence electrons. The van der Waals surface area contributed by atoms with E-state index in [1.165, 1.54) is 6.92 Å². The lowest BCUT2D eigenvalue weighted by atomic mass is 10.2. The number of carbonyl (C=O) groups is 2. The summed E-state index contributed by atoms with van der Waals surface area (Å²) in [7, 11) is 1.87.